The lowest BCUT2D eigenvalue weighted by Gasteiger charge is -2.29. The molecule has 0 bridgehead atoms. The molecule has 6 nitrogen and oxygen atoms in total. The number of carbonyl (C=O) groups excluding carboxylic acids is 2. The molecule has 0 saturated carbocycles. The number of esters is 1. The van der Waals surface area contributed by atoms with Crippen molar-refractivity contribution >= 4 is 22.8 Å². The molecule has 1 unspecified atom stereocenters. The van der Waals surface area contributed by atoms with Crippen molar-refractivity contribution < 1.29 is 19.1 Å². The maximum absolute atomic E-state index is 12.3. The van der Waals surface area contributed by atoms with Gasteiger partial charge in [0.1, 0.15) is 5.75 Å². The Morgan fingerprint density at radius 2 is 2.04 bits per heavy atom. The van der Waals surface area contributed by atoms with Crippen LogP contribution in [0.4, 0.5) is 0 Å². The van der Waals surface area contributed by atoms with Crippen LogP contribution in [0.1, 0.15) is 6.92 Å². The number of fused-ring (bicyclic) bond motifs is 1. The van der Waals surface area contributed by atoms with Crippen LogP contribution in [0.25, 0.3) is 10.9 Å². The number of aromatic nitrogens is 1. The van der Waals surface area contributed by atoms with E-state index in [1.165, 1.54) is 20.1 Å². The monoisotopic (exact) mass is 316 g/mol. The molecule has 1 amide bonds. The predicted octanol–water partition coefficient (Wildman–Crippen LogP) is 1.88. The minimum Gasteiger partial charge on any atom is -0.495 e. The molecule has 0 aliphatic carbocycles. The molecule has 2 rings (SSSR count). The third-order valence-electron chi connectivity index (χ3n) is 3.69. The van der Waals surface area contributed by atoms with Gasteiger partial charge < -0.3 is 19.4 Å². The van der Waals surface area contributed by atoms with Crippen LogP contribution in [0.5, 0.6) is 5.75 Å². The Balaban J connectivity index is 2.54. The van der Waals surface area contributed by atoms with Crippen LogP contribution in [0, 0.1) is 0 Å². The predicted molar refractivity (Wildman–Crippen MR) is 87.3 cm³/mol. The summed E-state index contributed by atoms with van der Waals surface area (Å²) in [6.07, 6.45) is 3.18. The van der Waals surface area contributed by atoms with E-state index in [-0.39, 0.29) is 12.5 Å². The lowest BCUT2D eigenvalue weighted by molar-refractivity contribution is -0.149. The summed E-state index contributed by atoms with van der Waals surface area (Å²) < 4.78 is 12.1. The molecule has 1 aromatic heterocycles. The van der Waals surface area contributed by atoms with Gasteiger partial charge in [0, 0.05) is 18.5 Å². The zero-order chi connectivity index (χ0) is 17.0. The average Bonchev–Trinajstić information content (AvgIpc) is 2.90. The summed E-state index contributed by atoms with van der Waals surface area (Å²) >= 11 is 0. The van der Waals surface area contributed by atoms with Gasteiger partial charge in [0.2, 0.25) is 5.91 Å². The van der Waals surface area contributed by atoms with E-state index >= 15 is 0 Å². The summed E-state index contributed by atoms with van der Waals surface area (Å²) in [4.78, 5) is 23.8. The molecule has 1 aromatic carbocycles. The first-order valence-corrected chi connectivity index (χ1v) is 7.10. The van der Waals surface area contributed by atoms with Gasteiger partial charge in [-0.15, -0.1) is 6.58 Å². The van der Waals surface area contributed by atoms with Crippen LogP contribution in [0.2, 0.25) is 0 Å². The van der Waals surface area contributed by atoms with E-state index in [1.807, 2.05) is 28.8 Å². The second-order valence-corrected chi connectivity index (χ2v) is 5.19. The first-order valence-electron chi connectivity index (χ1n) is 7.10. The Kier molecular flexibility index (Phi) is 4.74. The van der Waals surface area contributed by atoms with Crippen molar-refractivity contribution in [3.63, 3.8) is 0 Å². The number of hydrogen-bond acceptors (Lipinski definition) is 4. The van der Waals surface area contributed by atoms with E-state index in [0.29, 0.717) is 5.75 Å². The summed E-state index contributed by atoms with van der Waals surface area (Å²) in [6, 6.07) is 7.64. The highest BCUT2D eigenvalue weighted by Gasteiger charge is 2.38. The first kappa shape index (κ1) is 16.6. The molecule has 23 heavy (non-hydrogen) atoms. The number of para-hydroxylation sites is 1. The summed E-state index contributed by atoms with van der Waals surface area (Å²) in [7, 11) is 2.86. The van der Waals surface area contributed by atoms with Crippen LogP contribution >= 0.6 is 0 Å². The minimum absolute atomic E-state index is 0.145. The van der Waals surface area contributed by atoms with Gasteiger partial charge in [-0.05, 0) is 12.1 Å². The molecule has 122 valence electrons. The molecule has 0 spiro atoms. The summed E-state index contributed by atoms with van der Waals surface area (Å²) in [5.41, 5.74) is -0.474. The van der Waals surface area contributed by atoms with Crippen LogP contribution in [0.15, 0.2) is 43.1 Å². The fraction of sp³-hybridized carbons (Fsp3) is 0.294. The summed E-state index contributed by atoms with van der Waals surface area (Å²) in [5, 5.41) is 3.56. The zero-order valence-corrected chi connectivity index (χ0v) is 13.5. The Hall–Kier alpha value is -2.76. The highest BCUT2D eigenvalue weighted by molar-refractivity contribution is 5.90. The quantitative estimate of drug-likeness (QED) is 0.652. The average molecular weight is 316 g/mol. The largest absolute Gasteiger partial charge is 0.495 e. The second-order valence-electron chi connectivity index (χ2n) is 5.19. The van der Waals surface area contributed by atoms with Gasteiger partial charge >= 0.3 is 5.97 Å². The van der Waals surface area contributed by atoms with Gasteiger partial charge in [-0.25, -0.2) is 4.79 Å². The molecular weight excluding hydrogens is 296 g/mol. The molecule has 0 aliphatic rings. The molecule has 1 atom stereocenters. The number of benzene rings is 1. The number of carbonyl (C=O) groups is 2. The highest BCUT2D eigenvalue weighted by atomic mass is 16.5. The lowest BCUT2D eigenvalue weighted by atomic mass is 9.99. The number of nitrogens with zero attached hydrogens (tertiary/aromatic N) is 1. The van der Waals surface area contributed by atoms with Gasteiger partial charge in [-0.3, -0.25) is 4.79 Å². The first-order chi connectivity index (χ1) is 11.0. The normalized spacial score (nSPS) is 13.2. The van der Waals surface area contributed by atoms with Gasteiger partial charge in [0.05, 0.1) is 26.3 Å². The third-order valence-corrected chi connectivity index (χ3v) is 3.69. The molecule has 1 heterocycles. The number of ether oxygens (including phenoxy) is 2. The van der Waals surface area contributed by atoms with E-state index < -0.39 is 11.5 Å². The molecule has 0 aliphatic heterocycles. The van der Waals surface area contributed by atoms with Crippen molar-refractivity contribution in [3.05, 3.63) is 43.1 Å². The van der Waals surface area contributed by atoms with Gasteiger partial charge in [0.15, 0.2) is 5.54 Å². The van der Waals surface area contributed by atoms with Crippen LogP contribution in [-0.2, 0) is 20.9 Å². The van der Waals surface area contributed by atoms with Crippen molar-refractivity contribution in [3.8, 4) is 5.75 Å². The van der Waals surface area contributed by atoms with E-state index in [4.69, 9.17) is 9.47 Å². The number of hydrogen-bond donors (Lipinski definition) is 1. The SMILES string of the molecule is C=CC(Cn1cc(OC)c2ccccc21)(NC(C)=O)C(=O)OC. The maximum Gasteiger partial charge on any atom is 0.337 e. The summed E-state index contributed by atoms with van der Waals surface area (Å²) in [5.74, 6) is -0.246. The Morgan fingerprint density at radius 1 is 1.35 bits per heavy atom. The topological polar surface area (TPSA) is 69.6 Å². The van der Waals surface area contributed by atoms with Gasteiger partial charge in [-0.2, -0.15) is 0 Å². The van der Waals surface area contributed by atoms with Crippen LogP contribution < -0.4 is 10.1 Å². The van der Waals surface area contributed by atoms with Crippen molar-refractivity contribution in [2.75, 3.05) is 14.2 Å². The number of methoxy groups -OCH3 is 2. The maximum atomic E-state index is 12.3. The number of amides is 1. The fourth-order valence-electron chi connectivity index (χ4n) is 2.63. The number of rotatable bonds is 6. The van der Waals surface area contributed by atoms with E-state index in [2.05, 4.69) is 11.9 Å². The van der Waals surface area contributed by atoms with E-state index in [1.54, 1.807) is 13.3 Å². The smallest absolute Gasteiger partial charge is 0.337 e. The van der Waals surface area contributed by atoms with Crippen molar-refractivity contribution in [2.24, 2.45) is 0 Å². The van der Waals surface area contributed by atoms with Crippen LogP contribution in [0.3, 0.4) is 0 Å². The zero-order valence-electron chi connectivity index (χ0n) is 13.5. The second kappa shape index (κ2) is 6.56. The van der Waals surface area contributed by atoms with Crippen molar-refractivity contribution in [1.82, 2.24) is 9.88 Å². The van der Waals surface area contributed by atoms with Gasteiger partial charge in [-0.1, -0.05) is 18.2 Å². The standard InChI is InChI=1S/C17H20N2O4/c1-5-17(16(21)23-4,18-12(2)20)11-19-10-15(22-3)13-8-6-7-9-14(13)19/h5-10H,1,11H2,2-4H3,(H,18,20). The molecule has 2 aromatic rings. The number of nitrogens with one attached hydrogen (secondary N) is 1. The van der Waals surface area contributed by atoms with Crippen molar-refractivity contribution in [1.29, 1.82) is 0 Å². The van der Waals surface area contributed by atoms with Crippen molar-refractivity contribution in [2.45, 2.75) is 19.0 Å². The lowest BCUT2D eigenvalue weighted by Crippen LogP contribution is -2.55. The fourth-order valence-corrected chi connectivity index (χ4v) is 2.63. The Morgan fingerprint density at radius 3 is 2.61 bits per heavy atom. The molecule has 0 saturated heterocycles. The molecule has 6 heteroatoms. The minimum atomic E-state index is -1.35. The Labute approximate surface area is 134 Å². The van der Waals surface area contributed by atoms with Gasteiger partial charge in [0.25, 0.3) is 0 Å². The molecule has 0 radical (unpaired) electrons. The summed E-state index contributed by atoms with van der Waals surface area (Å²) in [6.45, 7) is 5.19. The highest BCUT2D eigenvalue weighted by Crippen LogP contribution is 2.29. The van der Waals surface area contributed by atoms with Crippen LogP contribution in [-0.4, -0.2) is 36.2 Å². The molecule has 1 N–H and O–H groups in total. The Bertz CT molecular complexity index is 750. The van der Waals surface area contributed by atoms with E-state index in [0.717, 1.165) is 10.9 Å². The van der Waals surface area contributed by atoms with E-state index in [9.17, 15) is 9.59 Å². The third kappa shape index (κ3) is 3.06. The molecular formula is C17H20N2O4. The molecule has 0 fully saturated rings.